The molecule has 1 aliphatic carbocycles. The lowest BCUT2D eigenvalue weighted by Crippen LogP contribution is -2.30. The van der Waals surface area contributed by atoms with E-state index in [0.717, 1.165) is 25.3 Å². The van der Waals surface area contributed by atoms with Crippen LogP contribution in [0.4, 0.5) is 19.0 Å². The molecule has 0 aliphatic heterocycles. The van der Waals surface area contributed by atoms with E-state index in [4.69, 9.17) is 10.5 Å². The van der Waals surface area contributed by atoms with Crippen molar-refractivity contribution < 1.29 is 22.7 Å². The van der Waals surface area contributed by atoms with Crippen molar-refractivity contribution in [1.82, 2.24) is 15.3 Å². The number of aromatic nitrogens is 2. The number of hydrogen-bond acceptors (Lipinski definition) is 5. The summed E-state index contributed by atoms with van der Waals surface area (Å²) in [6.07, 6.45) is -1.89. The number of nitrogen functional groups attached to an aromatic ring is 1. The molecule has 9 heteroatoms. The number of benzene rings is 2. The van der Waals surface area contributed by atoms with Gasteiger partial charge in [-0.3, -0.25) is 4.79 Å². The Morgan fingerprint density at radius 2 is 1.91 bits per heavy atom. The number of anilines is 1. The molecule has 32 heavy (non-hydrogen) atoms. The lowest BCUT2D eigenvalue weighted by molar-refractivity contribution is -0.136. The van der Waals surface area contributed by atoms with Crippen LogP contribution in [-0.2, 0) is 10.9 Å². The first-order valence-corrected chi connectivity index (χ1v) is 10.3. The summed E-state index contributed by atoms with van der Waals surface area (Å²) in [4.78, 5) is 20.6. The maximum absolute atomic E-state index is 13.9. The highest BCUT2D eigenvalue weighted by atomic mass is 19.4. The number of halogens is 3. The van der Waals surface area contributed by atoms with Crippen LogP contribution in [0.5, 0.6) is 0 Å². The topological polar surface area (TPSA) is 90.1 Å². The van der Waals surface area contributed by atoms with E-state index in [9.17, 15) is 18.0 Å². The fraction of sp³-hybridized carbons (Fsp3) is 0.348. The second-order valence-corrected chi connectivity index (χ2v) is 7.96. The molecule has 3 N–H and O–H groups in total. The van der Waals surface area contributed by atoms with Crippen LogP contribution in [0.15, 0.2) is 42.5 Å². The molecule has 1 aromatic heterocycles. The van der Waals surface area contributed by atoms with Crippen molar-refractivity contribution in [2.75, 3.05) is 19.4 Å². The molecule has 4 rings (SSSR count). The average molecular weight is 444 g/mol. The second kappa shape index (κ2) is 8.74. The van der Waals surface area contributed by atoms with Crippen molar-refractivity contribution in [3.63, 3.8) is 0 Å². The van der Waals surface area contributed by atoms with Gasteiger partial charge in [-0.2, -0.15) is 13.2 Å². The molecule has 2 atom stereocenters. The number of nitrogens with one attached hydrogen (secondary N) is 1. The predicted octanol–water partition coefficient (Wildman–Crippen LogP) is 4.44. The van der Waals surface area contributed by atoms with Crippen molar-refractivity contribution in [1.29, 1.82) is 0 Å². The number of nitrogens with zero attached hydrogens (tertiary/aromatic N) is 2. The molecule has 0 radical (unpaired) electrons. The molecule has 2 aromatic carbocycles. The Morgan fingerprint density at radius 3 is 2.56 bits per heavy atom. The summed E-state index contributed by atoms with van der Waals surface area (Å²) < 4.78 is 47.0. The molecule has 0 unspecified atom stereocenters. The standard InChI is InChI=1S/C23H23F3N4O2/c1-32-16-8-7-13(9-16)12-28-22(31)21-29-19-17(20(27)30-21)10-15(11-18(19)23(24,25)26)14-5-3-2-4-6-14/h2-6,10-11,13,16H,7-9,12H2,1H3,(H,28,31)(H2,27,29,30)/t13-,16+/m0/s1. The zero-order valence-corrected chi connectivity index (χ0v) is 17.4. The lowest BCUT2D eigenvalue weighted by atomic mass is 9.99. The molecule has 0 bridgehead atoms. The van der Waals surface area contributed by atoms with Crippen LogP contribution in [0, 0.1) is 5.92 Å². The molecule has 6 nitrogen and oxygen atoms in total. The summed E-state index contributed by atoms with van der Waals surface area (Å²) in [7, 11) is 1.65. The molecule has 1 fully saturated rings. The van der Waals surface area contributed by atoms with E-state index >= 15 is 0 Å². The van der Waals surface area contributed by atoms with Gasteiger partial charge >= 0.3 is 6.18 Å². The maximum atomic E-state index is 13.9. The first-order chi connectivity index (χ1) is 15.3. The third-order valence-corrected chi connectivity index (χ3v) is 5.82. The summed E-state index contributed by atoms with van der Waals surface area (Å²) >= 11 is 0. The zero-order valence-electron chi connectivity index (χ0n) is 17.4. The second-order valence-electron chi connectivity index (χ2n) is 7.96. The van der Waals surface area contributed by atoms with Crippen LogP contribution < -0.4 is 11.1 Å². The summed E-state index contributed by atoms with van der Waals surface area (Å²) in [6.45, 7) is 0.374. The van der Waals surface area contributed by atoms with Gasteiger partial charge in [0.1, 0.15) is 5.82 Å². The molecular weight excluding hydrogens is 421 g/mol. The first kappa shape index (κ1) is 22.0. The van der Waals surface area contributed by atoms with Gasteiger partial charge in [0.15, 0.2) is 0 Å². The minimum absolute atomic E-state index is 0.0500. The van der Waals surface area contributed by atoms with Crippen LogP contribution in [0.1, 0.15) is 35.4 Å². The van der Waals surface area contributed by atoms with E-state index < -0.39 is 23.2 Å². The fourth-order valence-electron chi connectivity index (χ4n) is 4.11. The number of rotatable bonds is 5. The number of nitrogens with two attached hydrogens (primary N) is 1. The number of methoxy groups -OCH3 is 1. The molecule has 168 valence electrons. The Hall–Kier alpha value is -3.20. The van der Waals surface area contributed by atoms with E-state index in [1.54, 1.807) is 37.4 Å². The molecule has 3 aromatic rings. The third kappa shape index (κ3) is 4.52. The molecular formula is C23H23F3N4O2. The Balaban J connectivity index is 1.68. The van der Waals surface area contributed by atoms with Crippen LogP contribution in [0.3, 0.4) is 0 Å². The molecule has 1 saturated carbocycles. The number of carbonyl (C=O) groups excluding carboxylic acids is 1. The maximum Gasteiger partial charge on any atom is 0.418 e. The van der Waals surface area contributed by atoms with Crippen molar-refractivity contribution in [2.45, 2.75) is 31.5 Å². The Morgan fingerprint density at radius 1 is 1.16 bits per heavy atom. The van der Waals surface area contributed by atoms with Crippen molar-refractivity contribution in [3.8, 4) is 11.1 Å². The van der Waals surface area contributed by atoms with Gasteiger partial charge in [-0.25, -0.2) is 9.97 Å². The lowest BCUT2D eigenvalue weighted by Gasteiger charge is -2.15. The van der Waals surface area contributed by atoms with Crippen LogP contribution in [0.25, 0.3) is 22.0 Å². The summed E-state index contributed by atoms with van der Waals surface area (Å²) in [6, 6.07) is 11.2. The predicted molar refractivity (Wildman–Crippen MR) is 115 cm³/mol. The molecule has 0 saturated heterocycles. The van der Waals surface area contributed by atoms with E-state index in [-0.39, 0.29) is 29.1 Å². The van der Waals surface area contributed by atoms with Gasteiger partial charge in [0.05, 0.1) is 17.2 Å². The van der Waals surface area contributed by atoms with Crippen LogP contribution in [0.2, 0.25) is 0 Å². The zero-order chi connectivity index (χ0) is 22.9. The normalized spacial score (nSPS) is 18.8. The van der Waals surface area contributed by atoms with Crippen LogP contribution >= 0.6 is 0 Å². The van der Waals surface area contributed by atoms with Crippen molar-refractivity contribution >= 4 is 22.6 Å². The minimum atomic E-state index is -4.68. The van der Waals surface area contributed by atoms with Gasteiger partial charge in [-0.05, 0) is 48.4 Å². The number of hydrogen-bond donors (Lipinski definition) is 2. The molecule has 1 amide bonds. The van der Waals surface area contributed by atoms with Gasteiger partial charge in [0, 0.05) is 19.0 Å². The summed E-state index contributed by atoms with van der Waals surface area (Å²) in [5.74, 6) is -0.974. The summed E-state index contributed by atoms with van der Waals surface area (Å²) in [5.41, 5.74) is 5.58. The average Bonchev–Trinajstić information content (AvgIpc) is 3.25. The molecule has 0 spiro atoms. The van der Waals surface area contributed by atoms with Gasteiger partial charge < -0.3 is 15.8 Å². The first-order valence-electron chi connectivity index (χ1n) is 10.3. The molecule has 1 heterocycles. The Labute approximate surface area is 183 Å². The highest BCUT2D eigenvalue weighted by Gasteiger charge is 2.35. The Bertz CT molecular complexity index is 1140. The van der Waals surface area contributed by atoms with Gasteiger partial charge in [0.2, 0.25) is 5.82 Å². The van der Waals surface area contributed by atoms with Gasteiger partial charge in [0.25, 0.3) is 5.91 Å². The molecule has 1 aliphatic rings. The largest absolute Gasteiger partial charge is 0.418 e. The van der Waals surface area contributed by atoms with Crippen molar-refractivity contribution in [3.05, 3.63) is 53.9 Å². The number of alkyl halides is 3. The van der Waals surface area contributed by atoms with E-state index in [1.165, 1.54) is 6.07 Å². The Kier molecular flexibility index (Phi) is 6.01. The fourth-order valence-corrected chi connectivity index (χ4v) is 4.11. The van der Waals surface area contributed by atoms with Crippen LogP contribution in [-0.4, -0.2) is 35.6 Å². The van der Waals surface area contributed by atoms with Gasteiger partial charge in [-0.1, -0.05) is 30.3 Å². The SMILES string of the molecule is CO[C@@H]1CC[C@H](CNC(=O)c2nc(N)c3cc(-c4ccccc4)cc(C(F)(F)F)c3n2)C1. The third-order valence-electron chi connectivity index (χ3n) is 5.82. The number of carbonyl (C=O) groups is 1. The number of fused-ring (bicyclic) bond motifs is 1. The highest BCUT2D eigenvalue weighted by Crippen LogP contribution is 2.38. The minimum Gasteiger partial charge on any atom is -0.383 e. The summed E-state index contributed by atoms with van der Waals surface area (Å²) in [5, 5.41) is 2.77. The number of amides is 1. The smallest absolute Gasteiger partial charge is 0.383 e. The number of ether oxygens (including phenoxy) is 1. The monoisotopic (exact) mass is 444 g/mol. The van der Waals surface area contributed by atoms with E-state index in [0.29, 0.717) is 17.7 Å². The highest BCUT2D eigenvalue weighted by molar-refractivity contribution is 5.99. The van der Waals surface area contributed by atoms with Gasteiger partial charge in [-0.15, -0.1) is 0 Å². The van der Waals surface area contributed by atoms with E-state index in [2.05, 4.69) is 15.3 Å². The van der Waals surface area contributed by atoms with Crippen molar-refractivity contribution in [2.24, 2.45) is 5.92 Å². The quantitative estimate of drug-likeness (QED) is 0.607. The van der Waals surface area contributed by atoms with E-state index in [1.807, 2.05) is 0 Å².